The summed E-state index contributed by atoms with van der Waals surface area (Å²) < 4.78 is 0. The predicted octanol–water partition coefficient (Wildman–Crippen LogP) is 1.75. The van der Waals surface area contributed by atoms with E-state index in [9.17, 15) is 14.7 Å². The number of rotatable bonds is 2. The van der Waals surface area contributed by atoms with Crippen molar-refractivity contribution in [1.29, 1.82) is 0 Å². The van der Waals surface area contributed by atoms with Gasteiger partial charge >= 0.3 is 5.97 Å². The predicted molar refractivity (Wildman–Crippen MR) is 66.5 cm³/mol. The molecule has 0 radical (unpaired) electrons. The van der Waals surface area contributed by atoms with Gasteiger partial charge in [-0.25, -0.2) is 0 Å². The van der Waals surface area contributed by atoms with Gasteiger partial charge < -0.3 is 10.0 Å². The van der Waals surface area contributed by atoms with E-state index in [1.807, 2.05) is 19.1 Å². The van der Waals surface area contributed by atoms with Crippen molar-refractivity contribution in [3.05, 3.63) is 29.3 Å². The normalized spacial score (nSPS) is 19.5. The zero-order chi connectivity index (χ0) is 12.9. The maximum atomic E-state index is 12.4. The maximum Gasteiger partial charge on any atom is 0.319 e. The van der Waals surface area contributed by atoms with Crippen LogP contribution in [0.1, 0.15) is 24.0 Å². The van der Waals surface area contributed by atoms with Crippen molar-refractivity contribution in [2.75, 3.05) is 11.4 Å². The fourth-order valence-electron chi connectivity index (χ4n) is 2.64. The van der Waals surface area contributed by atoms with Gasteiger partial charge in [0.15, 0.2) is 0 Å². The third-order valence-electron chi connectivity index (χ3n) is 3.94. The SMILES string of the molecule is Cc1ccc2c(c1)CCN2C(=O)C1(C(=O)O)CC1. The van der Waals surface area contributed by atoms with Gasteiger partial charge in [-0.15, -0.1) is 0 Å². The van der Waals surface area contributed by atoms with Gasteiger partial charge in [-0.2, -0.15) is 0 Å². The van der Waals surface area contributed by atoms with Gasteiger partial charge in [0.25, 0.3) is 0 Å². The number of carboxylic acids is 1. The molecule has 2 aliphatic rings. The lowest BCUT2D eigenvalue weighted by molar-refractivity contribution is -0.148. The van der Waals surface area contributed by atoms with Crippen LogP contribution in [0.15, 0.2) is 18.2 Å². The first-order chi connectivity index (χ1) is 8.54. The van der Waals surface area contributed by atoms with Crippen molar-refractivity contribution in [3.8, 4) is 0 Å². The minimum Gasteiger partial charge on any atom is -0.480 e. The van der Waals surface area contributed by atoms with Crippen molar-refractivity contribution < 1.29 is 14.7 Å². The van der Waals surface area contributed by atoms with Crippen molar-refractivity contribution in [1.82, 2.24) is 0 Å². The summed E-state index contributed by atoms with van der Waals surface area (Å²) in [4.78, 5) is 25.2. The molecule has 1 aliphatic carbocycles. The summed E-state index contributed by atoms with van der Waals surface area (Å²) in [6, 6.07) is 5.96. The Balaban J connectivity index is 1.93. The minimum absolute atomic E-state index is 0.238. The molecule has 0 unspecified atom stereocenters. The first-order valence-electron chi connectivity index (χ1n) is 6.19. The zero-order valence-electron chi connectivity index (χ0n) is 10.3. The van der Waals surface area contributed by atoms with Crippen LogP contribution in [-0.2, 0) is 16.0 Å². The number of amides is 1. The summed E-state index contributed by atoms with van der Waals surface area (Å²) in [5.41, 5.74) is 2.07. The molecule has 0 saturated heterocycles. The Morgan fingerprint density at radius 3 is 2.67 bits per heavy atom. The van der Waals surface area contributed by atoms with E-state index in [-0.39, 0.29) is 5.91 Å². The van der Waals surface area contributed by atoms with Crippen LogP contribution < -0.4 is 4.90 Å². The molecule has 1 amide bonds. The third kappa shape index (κ3) is 1.45. The van der Waals surface area contributed by atoms with Crippen molar-refractivity contribution in [3.63, 3.8) is 0 Å². The Morgan fingerprint density at radius 1 is 1.33 bits per heavy atom. The number of carbonyl (C=O) groups excluding carboxylic acids is 1. The van der Waals surface area contributed by atoms with E-state index < -0.39 is 11.4 Å². The number of anilines is 1. The summed E-state index contributed by atoms with van der Waals surface area (Å²) in [7, 11) is 0. The van der Waals surface area contributed by atoms with Gasteiger partial charge in [-0.05, 0) is 37.8 Å². The summed E-state index contributed by atoms with van der Waals surface area (Å²) in [6.45, 7) is 2.62. The highest BCUT2D eigenvalue weighted by atomic mass is 16.4. The molecule has 3 rings (SSSR count). The number of benzene rings is 1. The summed E-state index contributed by atoms with van der Waals surface area (Å²) in [5.74, 6) is -1.22. The second kappa shape index (κ2) is 3.57. The van der Waals surface area contributed by atoms with Crippen molar-refractivity contribution in [2.45, 2.75) is 26.2 Å². The van der Waals surface area contributed by atoms with Crippen LogP contribution in [0.5, 0.6) is 0 Å². The summed E-state index contributed by atoms with van der Waals surface area (Å²) in [6.07, 6.45) is 1.76. The van der Waals surface area contributed by atoms with E-state index in [0.717, 1.165) is 17.7 Å². The number of fused-ring (bicyclic) bond motifs is 1. The smallest absolute Gasteiger partial charge is 0.319 e. The van der Waals surface area contributed by atoms with Crippen LogP contribution in [-0.4, -0.2) is 23.5 Å². The lowest BCUT2D eigenvalue weighted by atomic mass is 10.1. The Bertz CT molecular complexity index is 546. The molecule has 4 nitrogen and oxygen atoms in total. The zero-order valence-corrected chi connectivity index (χ0v) is 10.3. The number of hydrogen-bond donors (Lipinski definition) is 1. The molecule has 1 aromatic rings. The van der Waals surface area contributed by atoms with Gasteiger partial charge in [-0.3, -0.25) is 9.59 Å². The maximum absolute atomic E-state index is 12.4. The topological polar surface area (TPSA) is 57.6 Å². The minimum atomic E-state index is -1.13. The molecule has 1 aliphatic heterocycles. The Labute approximate surface area is 105 Å². The largest absolute Gasteiger partial charge is 0.480 e. The molecular formula is C14H15NO3. The third-order valence-corrected chi connectivity index (χ3v) is 3.94. The molecule has 4 heteroatoms. The Morgan fingerprint density at radius 2 is 2.06 bits per heavy atom. The van der Waals surface area contributed by atoms with Crippen molar-refractivity contribution in [2.24, 2.45) is 5.41 Å². The van der Waals surface area contributed by atoms with Crippen LogP contribution in [0.25, 0.3) is 0 Å². The Kier molecular flexibility index (Phi) is 2.24. The summed E-state index contributed by atoms with van der Waals surface area (Å²) in [5, 5.41) is 9.18. The van der Waals surface area contributed by atoms with E-state index in [4.69, 9.17) is 0 Å². The van der Waals surface area contributed by atoms with Crippen LogP contribution >= 0.6 is 0 Å². The fourth-order valence-corrected chi connectivity index (χ4v) is 2.64. The standard InChI is InChI=1S/C14H15NO3/c1-9-2-3-11-10(8-9)4-7-15(11)12(16)14(5-6-14)13(17)18/h2-3,8H,4-7H2,1H3,(H,17,18). The van der Waals surface area contributed by atoms with Crippen LogP contribution in [0, 0.1) is 12.3 Å². The van der Waals surface area contributed by atoms with Crippen LogP contribution in [0.4, 0.5) is 5.69 Å². The number of aliphatic carboxylic acids is 1. The molecule has 1 fully saturated rings. The molecule has 1 saturated carbocycles. The van der Waals surface area contributed by atoms with E-state index in [1.165, 1.54) is 5.56 Å². The molecular weight excluding hydrogens is 230 g/mol. The van der Waals surface area contributed by atoms with Gasteiger partial charge in [0.1, 0.15) is 5.41 Å². The molecule has 0 bridgehead atoms. The lowest BCUT2D eigenvalue weighted by Gasteiger charge is -2.21. The number of aryl methyl sites for hydroxylation is 1. The van der Waals surface area contributed by atoms with Crippen LogP contribution in [0.3, 0.4) is 0 Å². The molecule has 0 aromatic heterocycles. The van der Waals surface area contributed by atoms with Gasteiger partial charge in [0.05, 0.1) is 0 Å². The molecule has 0 atom stereocenters. The first kappa shape index (κ1) is 11.3. The fraction of sp³-hybridized carbons (Fsp3) is 0.429. The number of hydrogen-bond acceptors (Lipinski definition) is 2. The number of carbonyl (C=O) groups is 2. The van der Waals surface area contributed by atoms with E-state index >= 15 is 0 Å². The van der Waals surface area contributed by atoms with Gasteiger partial charge in [-0.1, -0.05) is 17.7 Å². The van der Waals surface area contributed by atoms with Gasteiger partial charge in [0.2, 0.25) is 5.91 Å². The monoisotopic (exact) mass is 245 g/mol. The highest BCUT2D eigenvalue weighted by molar-refractivity contribution is 6.12. The first-order valence-corrected chi connectivity index (χ1v) is 6.19. The average molecular weight is 245 g/mol. The quantitative estimate of drug-likeness (QED) is 0.807. The number of nitrogens with zero attached hydrogens (tertiary/aromatic N) is 1. The lowest BCUT2D eigenvalue weighted by Crippen LogP contribution is -2.40. The molecule has 1 aromatic carbocycles. The second-order valence-electron chi connectivity index (χ2n) is 5.23. The molecule has 94 valence electrons. The van der Waals surface area contributed by atoms with Crippen molar-refractivity contribution >= 4 is 17.6 Å². The van der Waals surface area contributed by atoms with E-state index in [1.54, 1.807) is 4.90 Å². The molecule has 1 N–H and O–H groups in total. The summed E-state index contributed by atoms with van der Waals surface area (Å²) >= 11 is 0. The van der Waals surface area contributed by atoms with E-state index in [2.05, 4.69) is 6.07 Å². The highest BCUT2D eigenvalue weighted by Crippen LogP contribution is 2.49. The number of carboxylic acid groups (broad SMARTS) is 1. The van der Waals surface area contributed by atoms with E-state index in [0.29, 0.717) is 19.4 Å². The van der Waals surface area contributed by atoms with Gasteiger partial charge in [0, 0.05) is 12.2 Å². The Hall–Kier alpha value is -1.84. The average Bonchev–Trinajstić information content (AvgIpc) is 3.04. The molecule has 1 heterocycles. The molecule has 0 spiro atoms. The van der Waals surface area contributed by atoms with Crippen LogP contribution in [0.2, 0.25) is 0 Å². The molecule has 18 heavy (non-hydrogen) atoms. The highest BCUT2D eigenvalue weighted by Gasteiger charge is 2.59. The second-order valence-corrected chi connectivity index (χ2v) is 5.23.